The van der Waals surface area contributed by atoms with Crippen LogP contribution < -0.4 is 0 Å². The summed E-state index contributed by atoms with van der Waals surface area (Å²) in [6.45, 7) is 2.95. The fraction of sp³-hybridized carbons (Fsp3) is 0.250. The summed E-state index contributed by atoms with van der Waals surface area (Å²) in [6.07, 6.45) is 0. The third kappa shape index (κ3) is 0.929. The number of aromatic nitrogens is 3. The second kappa shape index (κ2) is 2.48. The summed E-state index contributed by atoms with van der Waals surface area (Å²) in [5.74, 6) is -1.70. The largest absolute Gasteiger partial charge is 0.203 e. The van der Waals surface area contributed by atoms with Crippen LogP contribution in [0.15, 0.2) is 0 Å². The fourth-order valence-corrected chi connectivity index (χ4v) is 1.29. The molecule has 1 heterocycles. The van der Waals surface area contributed by atoms with Crippen molar-refractivity contribution >= 4 is 11.0 Å². The topological polar surface area (TPSA) is 41.6 Å². The number of hydrogen-bond acceptors (Lipinski definition) is 2. The number of halogens is 2. The van der Waals surface area contributed by atoms with Crippen molar-refractivity contribution in [2.45, 2.75) is 13.8 Å². The molecule has 0 bridgehead atoms. The van der Waals surface area contributed by atoms with Gasteiger partial charge in [-0.15, -0.1) is 0 Å². The molecule has 0 amide bonds. The van der Waals surface area contributed by atoms with Crippen LogP contribution in [0.2, 0.25) is 0 Å². The van der Waals surface area contributed by atoms with Gasteiger partial charge in [-0.05, 0) is 13.8 Å². The van der Waals surface area contributed by atoms with E-state index in [0.29, 0.717) is 11.0 Å². The van der Waals surface area contributed by atoms with Crippen molar-refractivity contribution in [3.05, 3.63) is 22.8 Å². The number of fused-ring (bicyclic) bond motifs is 1. The van der Waals surface area contributed by atoms with Crippen LogP contribution in [0.3, 0.4) is 0 Å². The first-order valence-electron chi connectivity index (χ1n) is 3.77. The zero-order valence-corrected chi connectivity index (χ0v) is 7.15. The molecule has 0 fully saturated rings. The Hall–Kier alpha value is -1.52. The van der Waals surface area contributed by atoms with Crippen LogP contribution in [0.25, 0.3) is 11.0 Å². The Morgan fingerprint density at radius 1 is 0.923 bits per heavy atom. The minimum absolute atomic E-state index is 0.187. The van der Waals surface area contributed by atoms with Gasteiger partial charge in [0.05, 0.1) is 0 Å². The molecule has 1 aromatic heterocycles. The van der Waals surface area contributed by atoms with E-state index in [9.17, 15) is 8.78 Å². The monoisotopic (exact) mass is 183 g/mol. The lowest BCUT2D eigenvalue weighted by atomic mass is 10.1. The summed E-state index contributed by atoms with van der Waals surface area (Å²) in [5, 5.41) is 9.82. The fourth-order valence-electron chi connectivity index (χ4n) is 1.29. The first kappa shape index (κ1) is 8.10. The molecule has 0 saturated heterocycles. The van der Waals surface area contributed by atoms with Gasteiger partial charge in [0, 0.05) is 11.1 Å². The number of nitrogens with one attached hydrogen (secondary N) is 1. The summed E-state index contributed by atoms with van der Waals surface area (Å²) >= 11 is 0. The van der Waals surface area contributed by atoms with E-state index < -0.39 is 11.6 Å². The first-order chi connectivity index (χ1) is 6.13. The van der Waals surface area contributed by atoms with Crippen LogP contribution in [-0.2, 0) is 0 Å². The van der Waals surface area contributed by atoms with Crippen molar-refractivity contribution in [1.29, 1.82) is 0 Å². The van der Waals surface area contributed by atoms with Gasteiger partial charge in [0.2, 0.25) is 0 Å². The maximum Gasteiger partial charge on any atom is 0.164 e. The third-order valence-corrected chi connectivity index (χ3v) is 2.11. The number of rotatable bonds is 0. The lowest BCUT2D eigenvalue weighted by molar-refractivity contribution is 0.500. The van der Waals surface area contributed by atoms with E-state index >= 15 is 0 Å². The number of nitrogens with zero attached hydrogens (tertiary/aromatic N) is 2. The molecule has 0 aliphatic rings. The van der Waals surface area contributed by atoms with E-state index in [1.807, 2.05) is 0 Å². The van der Waals surface area contributed by atoms with Crippen LogP contribution in [0.1, 0.15) is 11.1 Å². The van der Waals surface area contributed by atoms with E-state index in [2.05, 4.69) is 15.4 Å². The summed E-state index contributed by atoms with van der Waals surface area (Å²) in [4.78, 5) is 0. The Kier molecular flexibility index (Phi) is 1.55. The molecule has 5 heteroatoms. The lowest BCUT2D eigenvalue weighted by Crippen LogP contribution is -1.95. The van der Waals surface area contributed by atoms with Crippen LogP contribution in [0.5, 0.6) is 0 Å². The highest BCUT2D eigenvalue weighted by Crippen LogP contribution is 2.24. The summed E-state index contributed by atoms with van der Waals surface area (Å²) in [6, 6.07) is 0. The smallest absolute Gasteiger partial charge is 0.164 e. The molecule has 0 aliphatic heterocycles. The summed E-state index contributed by atoms with van der Waals surface area (Å²) in [5.41, 5.74) is 1.14. The van der Waals surface area contributed by atoms with E-state index in [0.717, 1.165) is 0 Å². The maximum absolute atomic E-state index is 13.1. The van der Waals surface area contributed by atoms with Gasteiger partial charge < -0.3 is 0 Å². The second-order valence-electron chi connectivity index (χ2n) is 2.90. The minimum atomic E-state index is -0.848. The minimum Gasteiger partial charge on any atom is -0.203 e. The van der Waals surface area contributed by atoms with Crippen molar-refractivity contribution in [3.63, 3.8) is 0 Å². The van der Waals surface area contributed by atoms with Gasteiger partial charge in [0.25, 0.3) is 0 Å². The molecule has 0 saturated carbocycles. The van der Waals surface area contributed by atoms with Gasteiger partial charge in [-0.1, -0.05) is 0 Å². The molecule has 0 spiro atoms. The molecule has 3 nitrogen and oxygen atoms in total. The zero-order chi connectivity index (χ0) is 9.59. The molecule has 13 heavy (non-hydrogen) atoms. The molecule has 1 aromatic carbocycles. The average Bonchev–Trinajstić information content (AvgIpc) is 2.59. The van der Waals surface area contributed by atoms with Crippen molar-refractivity contribution in [3.8, 4) is 0 Å². The third-order valence-electron chi connectivity index (χ3n) is 2.11. The number of aromatic amines is 1. The zero-order valence-electron chi connectivity index (χ0n) is 7.15. The molecular formula is C8H7F2N3. The van der Waals surface area contributed by atoms with E-state index in [1.165, 1.54) is 13.8 Å². The Balaban J connectivity index is 3.02. The highest BCUT2D eigenvalue weighted by atomic mass is 19.2. The Bertz CT molecular complexity index is 434. The standard InChI is InChI=1S/C8H7F2N3/c1-3-5(9)6(10)4(2)8-7(3)11-13-12-8/h1-2H3,(H,11,12,13). The van der Waals surface area contributed by atoms with Gasteiger partial charge in [0.1, 0.15) is 11.0 Å². The van der Waals surface area contributed by atoms with Crippen LogP contribution >= 0.6 is 0 Å². The van der Waals surface area contributed by atoms with Crippen molar-refractivity contribution in [2.75, 3.05) is 0 Å². The van der Waals surface area contributed by atoms with Gasteiger partial charge in [-0.3, -0.25) is 0 Å². The molecular weight excluding hydrogens is 176 g/mol. The molecule has 2 rings (SSSR count). The van der Waals surface area contributed by atoms with Gasteiger partial charge in [-0.2, -0.15) is 15.4 Å². The van der Waals surface area contributed by atoms with Crippen LogP contribution in [0.4, 0.5) is 8.78 Å². The van der Waals surface area contributed by atoms with Crippen molar-refractivity contribution in [2.24, 2.45) is 0 Å². The van der Waals surface area contributed by atoms with E-state index in [-0.39, 0.29) is 11.1 Å². The predicted molar refractivity (Wildman–Crippen MR) is 43.3 cm³/mol. The van der Waals surface area contributed by atoms with Gasteiger partial charge in [0.15, 0.2) is 11.6 Å². The molecule has 2 aromatic rings. The van der Waals surface area contributed by atoms with Gasteiger partial charge >= 0.3 is 0 Å². The first-order valence-corrected chi connectivity index (χ1v) is 3.77. The number of aryl methyl sites for hydroxylation is 2. The SMILES string of the molecule is Cc1c(F)c(F)c(C)c2n[nH]nc12. The Labute approximate surface area is 72.8 Å². The number of benzene rings is 1. The predicted octanol–water partition coefficient (Wildman–Crippen LogP) is 1.85. The summed E-state index contributed by atoms with van der Waals surface area (Å²) < 4.78 is 26.3. The highest BCUT2D eigenvalue weighted by molar-refractivity contribution is 5.80. The molecule has 0 unspecified atom stereocenters. The van der Waals surface area contributed by atoms with Crippen molar-refractivity contribution in [1.82, 2.24) is 15.4 Å². The number of hydrogen-bond donors (Lipinski definition) is 1. The van der Waals surface area contributed by atoms with Crippen LogP contribution in [-0.4, -0.2) is 15.4 Å². The molecule has 0 aliphatic carbocycles. The lowest BCUT2D eigenvalue weighted by Gasteiger charge is -2.01. The van der Waals surface area contributed by atoms with E-state index in [1.54, 1.807) is 0 Å². The quantitative estimate of drug-likeness (QED) is 0.677. The molecule has 1 N–H and O–H groups in total. The number of H-pyrrole nitrogens is 1. The maximum atomic E-state index is 13.1. The van der Waals surface area contributed by atoms with Crippen LogP contribution in [0, 0.1) is 25.5 Å². The molecule has 0 atom stereocenters. The Morgan fingerprint density at radius 3 is 1.69 bits per heavy atom. The van der Waals surface area contributed by atoms with Crippen molar-refractivity contribution < 1.29 is 8.78 Å². The average molecular weight is 183 g/mol. The summed E-state index contributed by atoms with van der Waals surface area (Å²) in [7, 11) is 0. The molecule has 0 radical (unpaired) electrons. The normalized spacial score (nSPS) is 11.1. The Morgan fingerprint density at radius 2 is 1.31 bits per heavy atom. The molecule has 68 valence electrons. The van der Waals surface area contributed by atoms with E-state index in [4.69, 9.17) is 0 Å². The second-order valence-corrected chi connectivity index (χ2v) is 2.90. The highest BCUT2D eigenvalue weighted by Gasteiger charge is 2.16. The van der Waals surface area contributed by atoms with Gasteiger partial charge in [-0.25, -0.2) is 8.78 Å².